The van der Waals surface area contributed by atoms with Gasteiger partial charge in [-0.3, -0.25) is 9.69 Å². The van der Waals surface area contributed by atoms with Crippen LogP contribution in [0.15, 0.2) is 60.7 Å². The van der Waals surface area contributed by atoms with Gasteiger partial charge in [0.2, 0.25) is 0 Å². The maximum absolute atomic E-state index is 13.6. The van der Waals surface area contributed by atoms with Crippen molar-refractivity contribution in [2.45, 2.75) is 57.3 Å². The van der Waals surface area contributed by atoms with Crippen LogP contribution in [0.4, 0.5) is 8.78 Å². The first kappa shape index (κ1) is 23.6. The molecule has 7 heteroatoms. The van der Waals surface area contributed by atoms with Gasteiger partial charge in [0.15, 0.2) is 0 Å². The molecule has 39 heavy (non-hydrogen) atoms. The van der Waals surface area contributed by atoms with Crippen LogP contribution in [0.2, 0.25) is 0 Å². The normalized spacial score (nSPS) is 24.8. The molecule has 1 N–H and O–H groups in total. The Morgan fingerprint density at radius 2 is 1.72 bits per heavy atom. The molecule has 204 valence electrons. The minimum Gasteiger partial charge on any atom is -0.489 e. The minimum atomic E-state index is -0.670. The van der Waals surface area contributed by atoms with E-state index < -0.39 is 24.7 Å². The molecule has 3 aliphatic rings. The maximum atomic E-state index is 13.6. The van der Waals surface area contributed by atoms with E-state index in [9.17, 15) is 13.6 Å². The van der Waals surface area contributed by atoms with Crippen molar-refractivity contribution < 1.29 is 21.1 Å². The molecule has 3 atom stereocenters. The van der Waals surface area contributed by atoms with E-state index in [2.05, 4.69) is 34.5 Å². The highest BCUT2D eigenvalue weighted by atomic mass is 19.1. The number of nitrogens with one attached hydrogen (secondary N) is 1. The highest BCUT2D eigenvalue weighted by molar-refractivity contribution is 5.99. The summed E-state index contributed by atoms with van der Waals surface area (Å²) in [7, 11) is 0. The van der Waals surface area contributed by atoms with Crippen molar-refractivity contribution in [2.24, 2.45) is 0 Å². The number of amides is 1. The molecule has 2 fully saturated rings. The molecule has 0 spiro atoms. The molecular weight excluding hydrogens is 496 g/mol. The van der Waals surface area contributed by atoms with Crippen molar-refractivity contribution in [3.63, 3.8) is 0 Å². The smallest absolute Gasteiger partial charge is 0.254 e. The summed E-state index contributed by atoms with van der Waals surface area (Å²) < 4.78 is 49.6. The van der Waals surface area contributed by atoms with E-state index in [1.807, 2.05) is 18.2 Å². The molecule has 1 amide bonds. The van der Waals surface area contributed by atoms with Gasteiger partial charge in [0, 0.05) is 39.0 Å². The summed E-state index contributed by atoms with van der Waals surface area (Å²) in [5.41, 5.74) is 4.47. The molecule has 3 aromatic rings. The molecule has 0 radical (unpaired) electrons. The van der Waals surface area contributed by atoms with Crippen LogP contribution >= 0.6 is 0 Å². The minimum absolute atomic E-state index is 0.0746. The summed E-state index contributed by atoms with van der Waals surface area (Å²) in [6.07, 6.45) is 3.01. The van der Waals surface area contributed by atoms with Crippen LogP contribution in [0, 0.1) is 11.6 Å². The summed E-state index contributed by atoms with van der Waals surface area (Å²) in [6.45, 7) is 2.26. The summed E-state index contributed by atoms with van der Waals surface area (Å²) in [6, 6.07) is 17.5. The topological polar surface area (TPSA) is 44.8 Å². The first-order valence-corrected chi connectivity index (χ1v) is 13.8. The average molecular weight is 534 g/mol. The lowest BCUT2D eigenvalue weighted by Gasteiger charge is -2.32. The molecule has 0 aliphatic carbocycles. The largest absolute Gasteiger partial charge is 0.489 e. The van der Waals surface area contributed by atoms with Crippen molar-refractivity contribution >= 4 is 5.91 Å². The van der Waals surface area contributed by atoms with E-state index >= 15 is 0 Å². The Bertz CT molecular complexity index is 1380. The molecule has 3 unspecified atom stereocenters. The molecule has 0 saturated carbocycles. The number of nitrogens with zero attached hydrogens (tertiary/aromatic N) is 2. The Balaban J connectivity index is 1.02. The lowest BCUT2D eigenvalue weighted by atomic mass is 9.89. The summed E-state index contributed by atoms with van der Waals surface area (Å²) in [5, 5.41) is 2.94. The van der Waals surface area contributed by atoms with Crippen LogP contribution in [-0.2, 0) is 19.7 Å². The monoisotopic (exact) mass is 533 g/mol. The summed E-state index contributed by atoms with van der Waals surface area (Å²) >= 11 is 0. The molecule has 6 rings (SSSR count). The Labute approximate surface area is 231 Å². The van der Waals surface area contributed by atoms with Crippen molar-refractivity contribution in [2.75, 3.05) is 26.1 Å². The number of ether oxygens (including phenoxy) is 1. The Kier molecular flexibility index (Phi) is 6.92. The van der Waals surface area contributed by atoms with E-state index in [4.69, 9.17) is 7.48 Å². The van der Waals surface area contributed by atoms with Crippen LogP contribution in [0.3, 0.4) is 0 Å². The Hall–Kier alpha value is -3.29. The third-order valence-electron chi connectivity index (χ3n) is 8.13. The second-order valence-corrected chi connectivity index (χ2v) is 10.8. The predicted octanol–water partition coefficient (Wildman–Crippen LogP) is 5.63. The van der Waals surface area contributed by atoms with Gasteiger partial charge in [-0.05, 0) is 92.2 Å². The van der Waals surface area contributed by atoms with Gasteiger partial charge in [-0.25, -0.2) is 8.78 Å². The number of hydrogen-bond acceptors (Lipinski definition) is 4. The van der Waals surface area contributed by atoms with E-state index in [1.54, 1.807) is 4.90 Å². The fourth-order valence-electron chi connectivity index (χ4n) is 5.97. The second kappa shape index (κ2) is 11.4. The van der Waals surface area contributed by atoms with Crippen LogP contribution in [-0.4, -0.2) is 47.9 Å². The van der Waals surface area contributed by atoms with Gasteiger partial charge in [0.05, 0.1) is 6.54 Å². The number of benzene rings is 3. The zero-order chi connectivity index (χ0) is 28.5. The molecule has 2 saturated heterocycles. The van der Waals surface area contributed by atoms with Gasteiger partial charge in [-0.15, -0.1) is 0 Å². The van der Waals surface area contributed by atoms with Crippen LogP contribution in [0.1, 0.15) is 67.0 Å². The van der Waals surface area contributed by atoms with Crippen LogP contribution < -0.4 is 10.1 Å². The molecular formula is C32H35F2N3O2. The van der Waals surface area contributed by atoms with Crippen LogP contribution in [0.25, 0.3) is 0 Å². The zero-order valence-electron chi connectivity index (χ0n) is 23.9. The SMILES string of the molecule is [2H]C1CCC(N2Cc3c(OCc4ccc(CN5CCC(c6cc(F)cc(F)c6)CC5)cc4)cccc3C2=O)C([2H])N1. The Morgan fingerprint density at radius 1 is 0.974 bits per heavy atom. The van der Waals surface area contributed by atoms with E-state index in [1.165, 1.54) is 17.7 Å². The third kappa shape index (κ3) is 5.85. The van der Waals surface area contributed by atoms with E-state index in [0.717, 1.165) is 55.2 Å². The predicted molar refractivity (Wildman–Crippen MR) is 147 cm³/mol. The molecule has 0 bridgehead atoms. The standard InChI is InChI=1S/C32H35F2N3O2/c33-26-15-25(16-27(34)17-26)24-10-13-36(14-11-24)19-22-6-8-23(9-7-22)21-39-31-5-1-4-29-30(31)20-37(32(29)38)28-3-2-12-35-18-28/h1,4-9,15-17,24,28,35H,2-3,10-14,18-21H2/i12D,18D. The molecule has 3 heterocycles. The number of hydrogen-bond donors (Lipinski definition) is 1. The number of carbonyl (C=O) groups is 1. The number of rotatable bonds is 7. The first-order chi connectivity index (χ1) is 19.8. The van der Waals surface area contributed by atoms with Crippen molar-refractivity contribution in [3.8, 4) is 5.75 Å². The maximum Gasteiger partial charge on any atom is 0.254 e. The van der Waals surface area contributed by atoms with Gasteiger partial charge < -0.3 is 15.0 Å². The fraction of sp³-hybridized carbons (Fsp3) is 0.406. The average Bonchev–Trinajstić information content (AvgIpc) is 3.29. The summed E-state index contributed by atoms with van der Waals surface area (Å²) in [4.78, 5) is 17.3. The number of piperidine rings is 2. The Morgan fingerprint density at radius 3 is 2.46 bits per heavy atom. The lowest BCUT2D eigenvalue weighted by molar-refractivity contribution is 0.0674. The highest BCUT2D eigenvalue weighted by Crippen LogP contribution is 2.34. The summed E-state index contributed by atoms with van der Waals surface area (Å²) in [5.74, 6) is -0.231. The highest BCUT2D eigenvalue weighted by Gasteiger charge is 2.35. The van der Waals surface area contributed by atoms with Crippen LogP contribution in [0.5, 0.6) is 5.75 Å². The molecule has 5 nitrogen and oxygen atoms in total. The van der Waals surface area contributed by atoms with Crippen molar-refractivity contribution in [3.05, 3.63) is 100 Å². The number of likely N-dealkylation sites (tertiary alicyclic amines) is 1. The molecule has 3 aliphatic heterocycles. The van der Waals surface area contributed by atoms with Gasteiger partial charge in [-0.1, -0.05) is 30.3 Å². The zero-order valence-corrected chi connectivity index (χ0v) is 21.9. The van der Waals surface area contributed by atoms with Gasteiger partial charge in [0.25, 0.3) is 5.91 Å². The molecule has 3 aromatic carbocycles. The van der Waals surface area contributed by atoms with Crippen molar-refractivity contribution in [1.29, 1.82) is 0 Å². The first-order valence-electron chi connectivity index (χ1n) is 14.9. The quantitative estimate of drug-likeness (QED) is 0.428. The van der Waals surface area contributed by atoms with Crippen molar-refractivity contribution in [1.82, 2.24) is 15.1 Å². The molecule has 0 aromatic heterocycles. The lowest BCUT2D eigenvalue weighted by Crippen LogP contribution is -2.46. The van der Waals surface area contributed by atoms with E-state index in [0.29, 0.717) is 37.3 Å². The number of carbonyl (C=O) groups excluding carboxylic acids is 1. The second-order valence-electron chi connectivity index (χ2n) is 10.8. The van der Waals surface area contributed by atoms with E-state index in [-0.39, 0.29) is 17.9 Å². The van der Waals surface area contributed by atoms with Gasteiger partial charge in [-0.2, -0.15) is 0 Å². The number of fused-ring (bicyclic) bond motifs is 1. The fourth-order valence-corrected chi connectivity index (χ4v) is 5.97. The third-order valence-corrected chi connectivity index (χ3v) is 8.13. The van der Waals surface area contributed by atoms with Gasteiger partial charge in [0.1, 0.15) is 24.0 Å². The number of halogens is 2. The van der Waals surface area contributed by atoms with Gasteiger partial charge >= 0.3 is 0 Å².